The second kappa shape index (κ2) is 5.59. The highest BCUT2D eigenvalue weighted by Crippen LogP contribution is 2.50. The molecule has 3 heterocycles. The van der Waals surface area contributed by atoms with E-state index in [2.05, 4.69) is 99.9 Å². The quantitative estimate of drug-likeness (QED) is 0.385. The third-order valence-electron chi connectivity index (χ3n) is 7.83. The number of fused-ring (bicyclic) bond motifs is 3. The number of benzene rings is 2. The molecule has 2 atom stereocenters. The summed E-state index contributed by atoms with van der Waals surface area (Å²) < 4.78 is 5.10. The molecular formula is C26H32N3+. The smallest absolute Gasteiger partial charge is 0.216 e. The molecule has 0 aliphatic carbocycles. The van der Waals surface area contributed by atoms with E-state index < -0.39 is 0 Å². The van der Waals surface area contributed by atoms with Gasteiger partial charge in [0.1, 0.15) is 5.54 Å². The van der Waals surface area contributed by atoms with Crippen molar-refractivity contribution >= 4 is 27.6 Å². The Morgan fingerprint density at radius 3 is 2.34 bits per heavy atom. The predicted octanol–water partition coefficient (Wildman–Crippen LogP) is 6.03. The zero-order chi connectivity index (χ0) is 20.8. The molecule has 0 amide bonds. The van der Waals surface area contributed by atoms with Crippen LogP contribution >= 0.6 is 0 Å². The topological polar surface area (TPSA) is 21.2 Å². The van der Waals surface area contributed by atoms with Gasteiger partial charge in [-0.2, -0.15) is 4.40 Å². The fraction of sp³-hybridized carbons (Fsp3) is 0.462. The molecule has 3 nitrogen and oxygen atoms in total. The van der Waals surface area contributed by atoms with E-state index >= 15 is 0 Å². The summed E-state index contributed by atoms with van der Waals surface area (Å²) in [7, 11) is 0. The van der Waals surface area contributed by atoms with Crippen molar-refractivity contribution in [3.8, 4) is 0 Å². The number of rotatable bonds is 2. The number of nitrogens with zero attached hydrogens (tertiary/aromatic N) is 3. The minimum absolute atomic E-state index is 0.0199. The van der Waals surface area contributed by atoms with Crippen molar-refractivity contribution in [3.05, 3.63) is 53.9 Å². The summed E-state index contributed by atoms with van der Waals surface area (Å²) in [5.74, 6) is 1.13. The maximum Gasteiger partial charge on any atom is 0.299 e. The van der Waals surface area contributed by atoms with E-state index in [0.717, 1.165) is 24.2 Å². The van der Waals surface area contributed by atoms with Crippen LogP contribution in [0.3, 0.4) is 0 Å². The standard InChI is InChI=1S/C26H32N3/c1-8-25(6)17-13-12-14-18-21(17)22-28(23(27-18)24(3,4)5)19-15-10-11-16-20(19)29(22)26(25,7)9-2/h10-16H,8-9H2,1-7H3/q+1. The molecule has 1 aliphatic rings. The van der Waals surface area contributed by atoms with Crippen LogP contribution in [0.1, 0.15) is 72.7 Å². The Morgan fingerprint density at radius 1 is 0.966 bits per heavy atom. The lowest BCUT2D eigenvalue weighted by Gasteiger charge is -2.46. The van der Waals surface area contributed by atoms with E-state index in [-0.39, 0.29) is 16.4 Å². The third-order valence-corrected chi connectivity index (χ3v) is 7.83. The van der Waals surface area contributed by atoms with Gasteiger partial charge < -0.3 is 0 Å². The van der Waals surface area contributed by atoms with Crippen LogP contribution < -0.4 is 4.57 Å². The van der Waals surface area contributed by atoms with Crippen LogP contribution in [-0.4, -0.2) is 9.38 Å². The monoisotopic (exact) mass is 386 g/mol. The van der Waals surface area contributed by atoms with Crippen LogP contribution in [0.2, 0.25) is 0 Å². The van der Waals surface area contributed by atoms with Gasteiger partial charge in [-0.15, -0.1) is 0 Å². The molecule has 0 saturated heterocycles. The van der Waals surface area contributed by atoms with Crippen molar-refractivity contribution in [2.45, 2.75) is 77.7 Å². The third kappa shape index (κ3) is 2.04. The first-order valence-corrected chi connectivity index (χ1v) is 11.0. The Balaban J connectivity index is 2.20. The summed E-state index contributed by atoms with van der Waals surface area (Å²) in [6.45, 7) is 16.4. The first-order valence-electron chi connectivity index (χ1n) is 11.0. The second-order valence-electron chi connectivity index (χ2n) is 10.2. The molecule has 0 bridgehead atoms. The number of hydrogen-bond acceptors (Lipinski definition) is 1. The highest BCUT2D eigenvalue weighted by Gasteiger charge is 2.55. The van der Waals surface area contributed by atoms with E-state index in [4.69, 9.17) is 4.98 Å². The lowest BCUT2D eigenvalue weighted by Crippen LogP contribution is -2.66. The lowest BCUT2D eigenvalue weighted by molar-refractivity contribution is -0.728. The Morgan fingerprint density at radius 2 is 1.69 bits per heavy atom. The number of hydrogen-bond donors (Lipinski definition) is 0. The van der Waals surface area contributed by atoms with Gasteiger partial charge in [0, 0.05) is 10.8 Å². The average molecular weight is 387 g/mol. The summed E-state index contributed by atoms with van der Waals surface area (Å²) in [6, 6.07) is 15.6. The maximum absolute atomic E-state index is 5.26. The lowest BCUT2D eigenvalue weighted by atomic mass is 9.62. The highest BCUT2D eigenvalue weighted by molar-refractivity contribution is 5.97. The zero-order valence-electron chi connectivity index (χ0n) is 18.8. The number of imidazole rings is 1. The molecule has 0 saturated carbocycles. The fourth-order valence-electron chi connectivity index (χ4n) is 5.76. The van der Waals surface area contributed by atoms with Crippen molar-refractivity contribution in [1.82, 2.24) is 9.38 Å². The first-order chi connectivity index (χ1) is 13.7. The van der Waals surface area contributed by atoms with Gasteiger partial charge in [0.15, 0.2) is 11.0 Å². The summed E-state index contributed by atoms with van der Waals surface area (Å²) >= 11 is 0. The molecule has 150 valence electrons. The van der Waals surface area contributed by atoms with Gasteiger partial charge >= 0.3 is 0 Å². The SMILES string of the molecule is CCC1(C)c2cccc3nc(C(C)(C)C)n4c5ccccc5[n+](c4c23)C1(C)CC. The van der Waals surface area contributed by atoms with Crippen LogP contribution in [0.25, 0.3) is 27.6 Å². The average Bonchev–Trinajstić information content (AvgIpc) is 3.06. The molecule has 0 N–H and O–H groups in total. The Hall–Kier alpha value is -2.42. The van der Waals surface area contributed by atoms with Crippen molar-refractivity contribution in [2.24, 2.45) is 0 Å². The van der Waals surface area contributed by atoms with Gasteiger partial charge in [-0.25, -0.2) is 9.55 Å². The van der Waals surface area contributed by atoms with Gasteiger partial charge in [0.05, 0.1) is 10.9 Å². The van der Waals surface area contributed by atoms with Crippen LogP contribution in [0.5, 0.6) is 0 Å². The summed E-state index contributed by atoms with van der Waals surface area (Å²) in [4.78, 5) is 5.26. The second-order valence-corrected chi connectivity index (χ2v) is 10.2. The van der Waals surface area contributed by atoms with E-state index in [0.29, 0.717) is 0 Å². The number of aromatic nitrogens is 3. The molecule has 0 spiro atoms. The summed E-state index contributed by atoms with van der Waals surface area (Å²) in [5.41, 5.74) is 6.41. The molecule has 5 rings (SSSR count). The van der Waals surface area contributed by atoms with Gasteiger partial charge in [-0.1, -0.05) is 65.8 Å². The normalized spacial score (nSPS) is 24.2. The van der Waals surface area contributed by atoms with E-state index in [1.165, 1.54) is 27.6 Å². The fourth-order valence-corrected chi connectivity index (χ4v) is 5.76. The molecule has 1 aliphatic heterocycles. The largest absolute Gasteiger partial charge is 0.299 e. The molecule has 4 aromatic rings. The Bertz CT molecular complexity index is 1290. The van der Waals surface area contributed by atoms with Crippen LogP contribution in [0, 0.1) is 0 Å². The minimum atomic E-state index is -0.0576. The highest BCUT2D eigenvalue weighted by atomic mass is 15.2. The van der Waals surface area contributed by atoms with Crippen LogP contribution in [0.15, 0.2) is 42.5 Å². The van der Waals surface area contributed by atoms with E-state index in [1.54, 1.807) is 0 Å². The van der Waals surface area contributed by atoms with Crippen LogP contribution in [0.4, 0.5) is 0 Å². The molecule has 2 unspecified atom stereocenters. The van der Waals surface area contributed by atoms with Crippen molar-refractivity contribution in [1.29, 1.82) is 0 Å². The molecular weight excluding hydrogens is 354 g/mol. The molecule has 3 heteroatoms. The number of para-hydroxylation sites is 2. The molecule has 0 fully saturated rings. The molecule has 0 radical (unpaired) electrons. The first kappa shape index (κ1) is 18.6. The van der Waals surface area contributed by atoms with Gasteiger partial charge in [0.2, 0.25) is 5.82 Å². The Labute approximate surface area is 173 Å². The van der Waals surface area contributed by atoms with Crippen molar-refractivity contribution in [2.75, 3.05) is 0 Å². The summed E-state index contributed by atoms with van der Waals surface area (Å²) in [6.07, 6.45) is 2.17. The van der Waals surface area contributed by atoms with E-state index in [9.17, 15) is 0 Å². The minimum Gasteiger partial charge on any atom is -0.216 e. The van der Waals surface area contributed by atoms with Crippen molar-refractivity contribution < 1.29 is 4.57 Å². The van der Waals surface area contributed by atoms with Gasteiger partial charge in [-0.05, 0) is 43.5 Å². The Kier molecular flexibility index (Phi) is 3.59. The molecule has 29 heavy (non-hydrogen) atoms. The molecule has 2 aromatic carbocycles. The molecule has 2 aromatic heterocycles. The van der Waals surface area contributed by atoms with Gasteiger partial charge in [-0.3, -0.25) is 0 Å². The predicted molar refractivity (Wildman–Crippen MR) is 121 cm³/mol. The maximum atomic E-state index is 5.26. The zero-order valence-corrected chi connectivity index (χ0v) is 18.8. The summed E-state index contributed by atoms with van der Waals surface area (Å²) in [5, 5.41) is 1.33. The van der Waals surface area contributed by atoms with E-state index in [1.807, 2.05) is 0 Å². The van der Waals surface area contributed by atoms with Crippen LogP contribution in [-0.2, 0) is 16.4 Å². The van der Waals surface area contributed by atoms with Crippen molar-refractivity contribution in [3.63, 3.8) is 0 Å². The van der Waals surface area contributed by atoms with Gasteiger partial charge in [0.25, 0.3) is 5.65 Å².